The lowest BCUT2D eigenvalue weighted by Gasteiger charge is -2.16. The number of amides is 1. The number of nitrogens with one attached hydrogen (secondary N) is 1. The van der Waals surface area contributed by atoms with Gasteiger partial charge in [0.2, 0.25) is 5.91 Å². The van der Waals surface area contributed by atoms with E-state index in [0.29, 0.717) is 24.0 Å². The number of ether oxygens (including phenoxy) is 1. The second-order valence-corrected chi connectivity index (χ2v) is 4.99. The summed E-state index contributed by atoms with van der Waals surface area (Å²) in [5.41, 5.74) is 0.617. The van der Waals surface area contributed by atoms with Crippen LogP contribution >= 0.6 is 11.3 Å². The molecule has 1 amide bonds. The molecule has 20 heavy (non-hydrogen) atoms. The monoisotopic (exact) mass is 299 g/mol. The Hall–Kier alpha value is -1.47. The summed E-state index contributed by atoms with van der Waals surface area (Å²) < 4.78 is 4.85. The second kappa shape index (κ2) is 8.65. The van der Waals surface area contributed by atoms with E-state index in [9.17, 15) is 9.59 Å². The Morgan fingerprint density at radius 3 is 2.65 bits per heavy atom. The topological polar surface area (TPSA) is 71.5 Å². The number of rotatable bonds is 8. The van der Waals surface area contributed by atoms with Crippen molar-refractivity contribution in [1.29, 1.82) is 0 Å². The summed E-state index contributed by atoms with van der Waals surface area (Å²) in [5, 5.41) is 5.01. The molecule has 0 aliphatic carbocycles. The summed E-state index contributed by atoms with van der Waals surface area (Å²) in [6, 6.07) is 0. The normalized spacial score (nSPS) is 10.6. The fourth-order valence-corrected chi connectivity index (χ4v) is 2.34. The van der Waals surface area contributed by atoms with E-state index in [0.717, 1.165) is 13.1 Å². The number of anilines is 1. The molecule has 1 rings (SSSR count). The van der Waals surface area contributed by atoms with E-state index in [4.69, 9.17) is 4.74 Å². The van der Waals surface area contributed by atoms with E-state index in [1.54, 1.807) is 12.3 Å². The number of hydrogen-bond acceptors (Lipinski definition) is 6. The first-order valence-electron chi connectivity index (χ1n) is 6.71. The lowest BCUT2D eigenvalue weighted by molar-refractivity contribution is -0.142. The van der Waals surface area contributed by atoms with Crippen molar-refractivity contribution in [2.75, 3.05) is 31.6 Å². The van der Waals surface area contributed by atoms with Gasteiger partial charge in [0.25, 0.3) is 0 Å². The Morgan fingerprint density at radius 2 is 2.05 bits per heavy atom. The van der Waals surface area contributed by atoms with Gasteiger partial charge in [0.15, 0.2) is 5.13 Å². The molecule has 0 aromatic carbocycles. The van der Waals surface area contributed by atoms with Crippen LogP contribution in [0.1, 0.15) is 26.5 Å². The van der Waals surface area contributed by atoms with Crippen molar-refractivity contribution in [1.82, 2.24) is 9.88 Å². The Kier molecular flexibility index (Phi) is 7.17. The first-order chi connectivity index (χ1) is 9.58. The first-order valence-corrected chi connectivity index (χ1v) is 7.59. The molecule has 0 atom stereocenters. The van der Waals surface area contributed by atoms with E-state index < -0.39 is 0 Å². The fourth-order valence-electron chi connectivity index (χ4n) is 1.61. The van der Waals surface area contributed by atoms with E-state index in [-0.39, 0.29) is 18.3 Å². The number of carbonyl (C=O) groups is 2. The number of hydrogen-bond donors (Lipinski definition) is 1. The van der Waals surface area contributed by atoms with Gasteiger partial charge in [-0.05, 0) is 20.0 Å². The van der Waals surface area contributed by atoms with Crippen LogP contribution in [0.3, 0.4) is 0 Å². The second-order valence-electron chi connectivity index (χ2n) is 4.14. The highest BCUT2D eigenvalue weighted by Crippen LogP contribution is 2.16. The Bertz CT molecular complexity index is 444. The molecular formula is C13H21N3O3S. The fraction of sp³-hybridized carbons (Fsp3) is 0.615. The van der Waals surface area contributed by atoms with Crippen molar-refractivity contribution in [2.45, 2.75) is 27.2 Å². The molecule has 0 spiro atoms. The predicted molar refractivity (Wildman–Crippen MR) is 78.9 cm³/mol. The molecule has 0 radical (unpaired) electrons. The minimum absolute atomic E-state index is 0.0919. The first kappa shape index (κ1) is 16.6. The van der Waals surface area contributed by atoms with Crippen LogP contribution < -0.4 is 5.32 Å². The third-order valence-corrected chi connectivity index (χ3v) is 3.50. The van der Waals surface area contributed by atoms with Gasteiger partial charge in [0.05, 0.1) is 25.3 Å². The zero-order valence-electron chi connectivity index (χ0n) is 12.1. The number of esters is 1. The van der Waals surface area contributed by atoms with Crippen LogP contribution in [0.15, 0.2) is 5.38 Å². The van der Waals surface area contributed by atoms with E-state index >= 15 is 0 Å². The van der Waals surface area contributed by atoms with Crippen LogP contribution in [0, 0.1) is 0 Å². The smallest absolute Gasteiger partial charge is 0.311 e. The highest BCUT2D eigenvalue weighted by atomic mass is 32.1. The molecule has 1 aromatic heterocycles. The van der Waals surface area contributed by atoms with Crippen molar-refractivity contribution in [3.05, 3.63) is 11.1 Å². The van der Waals surface area contributed by atoms with Gasteiger partial charge < -0.3 is 10.1 Å². The maximum absolute atomic E-state index is 11.8. The maximum atomic E-state index is 11.8. The molecule has 112 valence electrons. The van der Waals surface area contributed by atoms with Crippen LogP contribution in [0.4, 0.5) is 5.13 Å². The number of thiazole rings is 1. The highest BCUT2D eigenvalue weighted by molar-refractivity contribution is 7.13. The summed E-state index contributed by atoms with van der Waals surface area (Å²) >= 11 is 1.31. The molecule has 0 fully saturated rings. The third kappa shape index (κ3) is 5.66. The molecule has 0 saturated carbocycles. The van der Waals surface area contributed by atoms with Gasteiger partial charge in [0.1, 0.15) is 0 Å². The molecule has 0 unspecified atom stereocenters. The van der Waals surface area contributed by atoms with Crippen LogP contribution in [0.2, 0.25) is 0 Å². The number of aromatic nitrogens is 1. The summed E-state index contributed by atoms with van der Waals surface area (Å²) in [4.78, 5) is 29.3. The lowest BCUT2D eigenvalue weighted by atomic mass is 10.3. The van der Waals surface area contributed by atoms with Gasteiger partial charge in [0, 0.05) is 5.38 Å². The molecule has 7 heteroatoms. The van der Waals surface area contributed by atoms with Gasteiger partial charge >= 0.3 is 5.97 Å². The van der Waals surface area contributed by atoms with Crippen LogP contribution in [-0.4, -0.2) is 48.0 Å². The standard InChI is InChI=1S/C13H21N3O3S/c1-4-16(5-2)8-11(17)15-13-14-10(9-20-13)7-12(18)19-6-3/h9H,4-8H2,1-3H3,(H,14,15,17). The third-order valence-electron chi connectivity index (χ3n) is 2.69. The Labute approximate surface area is 123 Å². The van der Waals surface area contributed by atoms with E-state index in [1.807, 2.05) is 18.7 Å². The average Bonchev–Trinajstić information content (AvgIpc) is 2.83. The zero-order valence-corrected chi connectivity index (χ0v) is 13.0. The van der Waals surface area contributed by atoms with Crippen molar-refractivity contribution in [3.63, 3.8) is 0 Å². The zero-order chi connectivity index (χ0) is 15.0. The minimum Gasteiger partial charge on any atom is -0.466 e. The summed E-state index contributed by atoms with van der Waals surface area (Å²) in [5.74, 6) is -0.399. The van der Waals surface area contributed by atoms with Crippen LogP contribution in [0.5, 0.6) is 0 Å². The molecule has 1 N–H and O–H groups in total. The lowest BCUT2D eigenvalue weighted by Crippen LogP contribution is -2.32. The number of nitrogens with zero attached hydrogens (tertiary/aromatic N) is 2. The van der Waals surface area contributed by atoms with Gasteiger partial charge in [-0.15, -0.1) is 11.3 Å². The van der Waals surface area contributed by atoms with Crippen molar-refractivity contribution in [2.24, 2.45) is 0 Å². The number of carbonyl (C=O) groups excluding carboxylic acids is 2. The summed E-state index contributed by atoms with van der Waals surface area (Å²) in [6.07, 6.45) is 0.135. The predicted octanol–water partition coefficient (Wildman–Crippen LogP) is 1.53. The Balaban J connectivity index is 2.47. The van der Waals surface area contributed by atoms with Crippen LogP contribution in [-0.2, 0) is 20.7 Å². The van der Waals surface area contributed by atoms with E-state index in [2.05, 4.69) is 10.3 Å². The quantitative estimate of drug-likeness (QED) is 0.737. The Morgan fingerprint density at radius 1 is 1.35 bits per heavy atom. The molecule has 0 aliphatic heterocycles. The molecule has 6 nitrogen and oxygen atoms in total. The van der Waals surface area contributed by atoms with Gasteiger partial charge in [-0.1, -0.05) is 13.8 Å². The average molecular weight is 299 g/mol. The van der Waals surface area contributed by atoms with Crippen molar-refractivity contribution < 1.29 is 14.3 Å². The largest absolute Gasteiger partial charge is 0.466 e. The van der Waals surface area contributed by atoms with Crippen molar-refractivity contribution >= 4 is 28.3 Å². The van der Waals surface area contributed by atoms with E-state index in [1.165, 1.54) is 11.3 Å². The highest BCUT2D eigenvalue weighted by Gasteiger charge is 2.12. The molecule has 1 heterocycles. The SMILES string of the molecule is CCOC(=O)Cc1csc(NC(=O)CN(CC)CC)n1. The summed E-state index contributed by atoms with van der Waals surface area (Å²) in [7, 11) is 0. The van der Waals surface area contributed by atoms with Gasteiger partial charge in [-0.25, -0.2) is 4.98 Å². The molecule has 0 saturated heterocycles. The van der Waals surface area contributed by atoms with Crippen molar-refractivity contribution in [3.8, 4) is 0 Å². The molecular weight excluding hydrogens is 278 g/mol. The van der Waals surface area contributed by atoms with Gasteiger partial charge in [-0.3, -0.25) is 14.5 Å². The molecule has 1 aromatic rings. The minimum atomic E-state index is -0.307. The van der Waals surface area contributed by atoms with Gasteiger partial charge in [-0.2, -0.15) is 0 Å². The summed E-state index contributed by atoms with van der Waals surface area (Å²) in [6.45, 7) is 8.15. The maximum Gasteiger partial charge on any atom is 0.311 e. The number of likely N-dealkylation sites (N-methyl/N-ethyl adjacent to an activating group) is 1. The molecule has 0 bridgehead atoms. The van der Waals surface area contributed by atoms with Crippen LogP contribution in [0.25, 0.3) is 0 Å². The molecule has 0 aliphatic rings.